The van der Waals surface area contributed by atoms with Gasteiger partial charge < -0.3 is 14.2 Å². The minimum atomic E-state index is -3.17. The van der Waals surface area contributed by atoms with Crippen molar-refractivity contribution in [2.45, 2.75) is 25.0 Å². The first-order chi connectivity index (χ1) is 8.97. The van der Waals surface area contributed by atoms with Crippen LogP contribution in [-0.4, -0.2) is 40.8 Å². The predicted octanol–water partition coefficient (Wildman–Crippen LogP) is 1.87. The number of hydrogen-bond donors (Lipinski definition) is 0. The van der Waals surface area contributed by atoms with Crippen molar-refractivity contribution in [1.82, 2.24) is 0 Å². The molecule has 0 aromatic heterocycles. The van der Waals surface area contributed by atoms with Gasteiger partial charge in [0.05, 0.1) is 4.90 Å². The lowest BCUT2D eigenvalue weighted by Gasteiger charge is -2.17. The molecule has 0 bridgehead atoms. The van der Waals surface area contributed by atoms with Crippen LogP contribution in [0.5, 0.6) is 5.75 Å². The van der Waals surface area contributed by atoms with Gasteiger partial charge in [-0.2, -0.15) is 0 Å². The molecule has 0 saturated carbocycles. The second-order valence-corrected chi connectivity index (χ2v) is 5.91. The van der Waals surface area contributed by atoms with E-state index in [9.17, 15) is 8.42 Å². The third kappa shape index (κ3) is 5.59. The first kappa shape index (κ1) is 15.9. The second kappa shape index (κ2) is 7.47. The smallest absolute Gasteiger partial charge is 0.191 e. The fourth-order valence-corrected chi connectivity index (χ4v) is 2.09. The summed E-state index contributed by atoms with van der Waals surface area (Å²) in [5.74, 6) is 0.580. The summed E-state index contributed by atoms with van der Waals surface area (Å²) in [6.07, 6.45) is 0.757. The summed E-state index contributed by atoms with van der Waals surface area (Å²) in [7, 11) is -3.17. The molecule has 1 aromatic rings. The predicted molar refractivity (Wildman–Crippen MR) is 72.1 cm³/mol. The molecular weight excluding hydrogens is 268 g/mol. The molecule has 0 fully saturated rings. The molecule has 19 heavy (non-hydrogen) atoms. The van der Waals surface area contributed by atoms with Gasteiger partial charge in [0.1, 0.15) is 12.4 Å². The standard InChI is InChI=1S/C13H20O5S/c1-4-16-13(17-5-2)10-18-11-6-8-12(9-7-11)19(3,14)15/h6-9,13H,4-5,10H2,1-3H3. The molecule has 0 heterocycles. The molecule has 0 spiro atoms. The molecule has 0 aliphatic carbocycles. The molecule has 108 valence electrons. The Morgan fingerprint density at radius 2 is 1.58 bits per heavy atom. The fraction of sp³-hybridized carbons (Fsp3) is 0.538. The zero-order chi connectivity index (χ0) is 14.3. The minimum absolute atomic E-state index is 0.264. The van der Waals surface area contributed by atoms with E-state index in [1.165, 1.54) is 18.4 Å². The van der Waals surface area contributed by atoms with E-state index in [1.807, 2.05) is 13.8 Å². The highest BCUT2D eigenvalue weighted by atomic mass is 32.2. The summed E-state index contributed by atoms with van der Waals surface area (Å²) in [6, 6.07) is 6.26. The summed E-state index contributed by atoms with van der Waals surface area (Å²) in [4.78, 5) is 0.269. The van der Waals surface area contributed by atoms with Crippen LogP contribution in [0.4, 0.5) is 0 Å². The van der Waals surface area contributed by atoms with Gasteiger partial charge in [0, 0.05) is 19.5 Å². The van der Waals surface area contributed by atoms with E-state index in [1.54, 1.807) is 12.1 Å². The van der Waals surface area contributed by atoms with E-state index >= 15 is 0 Å². The Bertz CT molecular complexity index is 460. The lowest BCUT2D eigenvalue weighted by molar-refractivity contribution is -0.152. The average Bonchev–Trinajstić information content (AvgIpc) is 2.36. The molecule has 0 radical (unpaired) electrons. The molecule has 1 aromatic carbocycles. The average molecular weight is 288 g/mol. The van der Waals surface area contributed by atoms with Crippen LogP contribution in [0.3, 0.4) is 0 Å². The van der Waals surface area contributed by atoms with Gasteiger partial charge in [-0.25, -0.2) is 8.42 Å². The topological polar surface area (TPSA) is 61.8 Å². The highest BCUT2D eigenvalue weighted by molar-refractivity contribution is 7.90. The van der Waals surface area contributed by atoms with Gasteiger partial charge in [-0.1, -0.05) is 0 Å². The van der Waals surface area contributed by atoms with Crippen LogP contribution in [0, 0.1) is 0 Å². The molecular formula is C13H20O5S. The van der Waals surface area contributed by atoms with Crippen molar-refractivity contribution in [2.75, 3.05) is 26.1 Å². The van der Waals surface area contributed by atoms with Crippen LogP contribution in [-0.2, 0) is 19.3 Å². The normalized spacial score (nSPS) is 11.8. The Hall–Kier alpha value is -1.11. The lowest BCUT2D eigenvalue weighted by Crippen LogP contribution is -2.25. The first-order valence-electron chi connectivity index (χ1n) is 6.13. The van der Waals surface area contributed by atoms with Crippen LogP contribution >= 0.6 is 0 Å². The van der Waals surface area contributed by atoms with Crippen molar-refractivity contribution in [3.63, 3.8) is 0 Å². The minimum Gasteiger partial charge on any atom is -0.488 e. The Balaban J connectivity index is 2.58. The van der Waals surface area contributed by atoms with E-state index in [0.29, 0.717) is 19.0 Å². The number of rotatable bonds is 8. The van der Waals surface area contributed by atoms with Crippen LogP contribution < -0.4 is 4.74 Å². The molecule has 0 N–H and O–H groups in total. The van der Waals surface area contributed by atoms with Crippen molar-refractivity contribution < 1.29 is 22.6 Å². The molecule has 1 rings (SSSR count). The van der Waals surface area contributed by atoms with E-state index in [0.717, 1.165) is 0 Å². The summed E-state index contributed by atoms with van der Waals surface area (Å²) in [6.45, 7) is 5.11. The second-order valence-electron chi connectivity index (χ2n) is 3.89. The Labute approximate surface area is 114 Å². The van der Waals surface area contributed by atoms with Crippen molar-refractivity contribution in [3.05, 3.63) is 24.3 Å². The van der Waals surface area contributed by atoms with E-state index in [2.05, 4.69) is 0 Å². The first-order valence-corrected chi connectivity index (χ1v) is 8.02. The summed E-state index contributed by atoms with van der Waals surface area (Å²) in [5, 5.41) is 0. The molecule has 0 amide bonds. The van der Waals surface area contributed by atoms with Crippen molar-refractivity contribution in [3.8, 4) is 5.75 Å². The van der Waals surface area contributed by atoms with Gasteiger partial charge in [-0.15, -0.1) is 0 Å². The lowest BCUT2D eigenvalue weighted by atomic mass is 10.3. The van der Waals surface area contributed by atoms with Crippen LogP contribution in [0.2, 0.25) is 0 Å². The van der Waals surface area contributed by atoms with Gasteiger partial charge in [-0.3, -0.25) is 0 Å². The molecule has 0 saturated heterocycles. The zero-order valence-electron chi connectivity index (χ0n) is 11.5. The SMILES string of the molecule is CCOC(COc1ccc(S(C)(=O)=O)cc1)OCC. The molecule has 0 atom stereocenters. The molecule has 0 aliphatic heterocycles. The number of benzene rings is 1. The van der Waals surface area contributed by atoms with E-state index in [-0.39, 0.29) is 11.5 Å². The van der Waals surface area contributed by atoms with Crippen LogP contribution in [0.25, 0.3) is 0 Å². The Morgan fingerprint density at radius 1 is 1.05 bits per heavy atom. The Morgan fingerprint density at radius 3 is 2.00 bits per heavy atom. The Kier molecular flexibility index (Phi) is 6.27. The quantitative estimate of drug-likeness (QED) is 0.683. The number of ether oxygens (including phenoxy) is 3. The summed E-state index contributed by atoms with van der Waals surface area (Å²) >= 11 is 0. The van der Waals surface area contributed by atoms with E-state index < -0.39 is 16.1 Å². The maximum Gasteiger partial charge on any atom is 0.191 e. The van der Waals surface area contributed by atoms with Gasteiger partial charge in [0.2, 0.25) is 0 Å². The highest BCUT2D eigenvalue weighted by Crippen LogP contribution is 2.16. The van der Waals surface area contributed by atoms with Gasteiger partial charge in [0.25, 0.3) is 0 Å². The van der Waals surface area contributed by atoms with Crippen molar-refractivity contribution in [1.29, 1.82) is 0 Å². The van der Waals surface area contributed by atoms with E-state index in [4.69, 9.17) is 14.2 Å². The van der Waals surface area contributed by atoms with Gasteiger partial charge in [-0.05, 0) is 38.1 Å². The molecule has 0 aliphatic rings. The zero-order valence-corrected chi connectivity index (χ0v) is 12.3. The third-order valence-corrected chi connectivity index (χ3v) is 3.47. The molecule has 5 nitrogen and oxygen atoms in total. The summed E-state index contributed by atoms with van der Waals surface area (Å²) < 4.78 is 38.8. The number of hydrogen-bond acceptors (Lipinski definition) is 5. The van der Waals surface area contributed by atoms with Gasteiger partial charge in [0.15, 0.2) is 16.1 Å². The largest absolute Gasteiger partial charge is 0.488 e. The maximum absolute atomic E-state index is 11.3. The van der Waals surface area contributed by atoms with Crippen LogP contribution in [0.15, 0.2) is 29.2 Å². The molecule has 0 unspecified atom stereocenters. The maximum atomic E-state index is 11.3. The molecule has 6 heteroatoms. The van der Waals surface area contributed by atoms with Crippen LogP contribution in [0.1, 0.15) is 13.8 Å². The third-order valence-electron chi connectivity index (χ3n) is 2.34. The number of sulfone groups is 1. The fourth-order valence-electron chi connectivity index (χ4n) is 1.46. The van der Waals surface area contributed by atoms with Crippen molar-refractivity contribution in [2.24, 2.45) is 0 Å². The monoisotopic (exact) mass is 288 g/mol. The van der Waals surface area contributed by atoms with Gasteiger partial charge >= 0.3 is 0 Å². The summed E-state index contributed by atoms with van der Waals surface area (Å²) in [5.41, 5.74) is 0. The van der Waals surface area contributed by atoms with Crippen molar-refractivity contribution >= 4 is 9.84 Å². The highest BCUT2D eigenvalue weighted by Gasteiger charge is 2.10.